The van der Waals surface area contributed by atoms with Crippen molar-refractivity contribution >= 4 is 11.7 Å². The predicted molar refractivity (Wildman–Crippen MR) is 70.3 cm³/mol. The van der Waals surface area contributed by atoms with Crippen LogP contribution in [0.2, 0.25) is 0 Å². The van der Waals surface area contributed by atoms with Crippen LogP contribution in [0.1, 0.15) is 23.0 Å². The summed E-state index contributed by atoms with van der Waals surface area (Å²) in [4.78, 5) is 19.8. The number of rotatable bonds is 3. The van der Waals surface area contributed by atoms with Gasteiger partial charge in [-0.2, -0.15) is 0 Å². The molecule has 1 aliphatic rings. The van der Waals surface area contributed by atoms with Crippen LogP contribution in [0.25, 0.3) is 0 Å². The summed E-state index contributed by atoms with van der Waals surface area (Å²) in [5.74, 6) is -0.907. The first-order chi connectivity index (χ1) is 8.61. The van der Waals surface area contributed by atoms with Gasteiger partial charge >= 0.3 is 5.97 Å². The zero-order valence-corrected chi connectivity index (χ0v) is 10.9. The molecule has 0 aliphatic carbocycles. The molecule has 18 heavy (non-hydrogen) atoms. The van der Waals surface area contributed by atoms with E-state index in [0.717, 1.165) is 44.1 Å². The van der Waals surface area contributed by atoms with E-state index >= 15 is 0 Å². The van der Waals surface area contributed by atoms with Crippen molar-refractivity contribution in [3.05, 3.63) is 23.5 Å². The van der Waals surface area contributed by atoms with E-state index in [2.05, 4.69) is 21.7 Å². The van der Waals surface area contributed by atoms with E-state index in [1.807, 2.05) is 13.0 Å². The maximum absolute atomic E-state index is 11.2. The predicted octanol–water partition coefficient (Wildman–Crippen LogP) is 1.23. The Morgan fingerprint density at radius 2 is 2.06 bits per heavy atom. The number of carboxylic acid groups (broad SMARTS) is 1. The first kappa shape index (κ1) is 12.8. The zero-order chi connectivity index (χ0) is 13.1. The molecule has 2 heterocycles. The molecule has 1 aromatic heterocycles. The topological polar surface area (TPSA) is 56.7 Å². The summed E-state index contributed by atoms with van der Waals surface area (Å²) < 4.78 is 0. The van der Waals surface area contributed by atoms with Crippen LogP contribution in [0.4, 0.5) is 5.69 Å². The van der Waals surface area contributed by atoms with Crippen molar-refractivity contribution in [3.8, 4) is 0 Å². The quantitative estimate of drug-likeness (QED) is 0.873. The second-order valence-corrected chi connectivity index (χ2v) is 4.57. The molecule has 98 valence electrons. The minimum atomic E-state index is -0.907. The normalized spacial score (nSPS) is 16.9. The molecular formula is C13H19N3O2. The van der Waals surface area contributed by atoms with Gasteiger partial charge in [0.2, 0.25) is 0 Å². The molecule has 5 heteroatoms. The molecule has 0 unspecified atom stereocenters. The van der Waals surface area contributed by atoms with Crippen LogP contribution in [0, 0.1) is 6.92 Å². The maximum atomic E-state index is 11.2. The van der Waals surface area contributed by atoms with Crippen molar-refractivity contribution in [2.75, 3.05) is 37.6 Å². The van der Waals surface area contributed by atoms with E-state index in [9.17, 15) is 9.90 Å². The lowest BCUT2D eigenvalue weighted by Gasteiger charge is -2.36. The molecule has 1 fully saturated rings. The Hall–Kier alpha value is -1.62. The van der Waals surface area contributed by atoms with Crippen LogP contribution < -0.4 is 4.90 Å². The van der Waals surface area contributed by atoms with Crippen molar-refractivity contribution < 1.29 is 9.90 Å². The maximum Gasteiger partial charge on any atom is 0.339 e. The number of hydrogen-bond acceptors (Lipinski definition) is 4. The number of nitrogens with zero attached hydrogens (tertiary/aromatic N) is 3. The van der Waals surface area contributed by atoms with Gasteiger partial charge in [0.25, 0.3) is 0 Å². The number of aromatic carboxylic acids is 1. The molecule has 0 bridgehead atoms. The van der Waals surface area contributed by atoms with E-state index in [4.69, 9.17) is 0 Å². The van der Waals surface area contributed by atoms with Gasteiger partial charge in [-0.05, 0) is 19.5 Å². The van der Waals surface area contributed by atoms with Crippen LogP contribution in [-0.4, -0.2) is 53.7 Å². The number of carbonyl (C=O) groups is 1. The summed E-state index contributed by atoms with van der Waals surface area (Å²) in [5, 5.41) is 9.21. The first-order valence-corrected chi connectivity index (χ1v) is 6.29. The van der Waals surface area contributed by atoms with Crippen LogP contribution in [0.15, 0.2) is 12.3 Å². The Bertz CT molecular complexity index is 440. The molecule has 0 spiro atoms. The van der Waals surface area contributed by atoms with Crippen molar-refractivity contribution in [1.29, 1.82) is 0 Å². The highest BCUT2D eigenvalue weighted by Crippen LogP contribution is 2.22. The lowest BCUT2D eigenvalue weighted by atomic mass is 10.1. The highest BCUT2D eigenvalue weighted by atomic mass is 16.4. The molecule has 1 N–H and O–H groups in total. The van der Waals surface area contributed by atoms with Gasteiger partial charge in [-0.3, -0.25) is 4.98 Å². The summed E-state index contributed by atoms with van der Waals surface area (Å²) in [6.07, 6.45) is 1.46. The van der Waals surface area contributed by atoms with Gasteiger partial charge in [-0.15, -0.1) is 0 Å². The number of aryl methyl sites for hydroxylation is 1. The Balaban J connectivity index is 2.22. The van der Waals surface area contributed by atoms with E-state index in [1.165, 1.54) is 6.20 Å². The number of piperazine rings is 1. The molecule has 0 aromatic carbocycles. The number of aromatic nitrogens is 1. The van der Waals surface area contributed by atoms with Gasteiger partial charge in [0.1, 0.15) is 5.56 Å². The monoisotopic (exact) mass is 249 g/mol. The molecule has 1 aliphatic heterocycles. The molecule has 2 rings (SSSR count). The summed E-state index contributed by atoms with van der Waals surface area (Å²) in [6.45, 7) is 8.80. The minimum Gasteiger partial charge on any atom is -0.478 e. The van der Waals surface area contributed by atoms with Gasteiger partial charge in [0.05, 0.1) is 5.69 Å². The molecular weight excluding hydrogens is 230 g/mol. The number of anilines is 1. The smallest absolute Gasteiger partial charge is 0.339 e. The van der Waals surface area contributed by atoms with E-state index < -0.39 is 5.97 Å². The summed E-state index contributed by atoms with van der Waals surface area (Å²) in [7, 11) is 0. The summed E-state index contributed by atoms with van der Waals surface area (Å²) in [6, 6.07) is 1.87. The third kappa shape index (κ3) is 2.61. The first-order valence-electron chi connectivity index (χ1n) is 6.29. The van der Waals surface area contributed by atoms with Crippen molar-refractivity contribution in [2.24, 2.45) is 0 Å². The lowest BCUT2D eigenvalue weighted by molar-refractivity contribution is 0.0697. The molecule has 0 saturated carbocycles. The van der Waals surface area contributed by atoms with Crippen molar-refractivity contribution in [3.63, 3.8) is 0 Å². The van der Waals surface area contributed by atoms with Gasteiger partial charge < -0.3 is 14.9 Å². The average Bonchev–Trinajstić information content (AvgIpc) is 2.38. The Kier molecular flexibility index (Phi) is 3.81. The van der Waals surface area contributed by atoms with E-state index in [1.54, 1.807) is 0 Å². The molecule has 0 atom stereocenters. The second-order valence-electron chi connectivity index (χ2n) is 4.57. The van der Waals surface area contributed by atoms with Crippen LogP contribution in [-0.2, 0) is 0 Å². The lowest BCUT2D eigenvalue weighted by Crippen LogP contribution is -2.46. The molecule has 1 saturated heterocycles. The second kappa shape index (κ2) is 5.35. The third-order valence-electron chi connectivity index (χ3n) is 3.41. The van der Waals surface area contributed by atoms with Crippen LogP contribution >= 0.6 is 0 Å². The number of likely N-dealkylation sites (N-methyl/N-ethyl adjacent to an activating group) is 1. The largest absolute Gasteiger partial charge is 0.478 e. The number of pyridine rings is 1. The van der Waals surface area contributed by atoms with Crippen LogP contribution in [0.3, 0.4) is 0 Å². The van der Waals surface area contributed by atoms with E-state index in [0.29, 0.717) is 5.56 Å². The van der Waals surface area contributed by atoms with Crippen molar-refractivity contribution in [2.45, 2.75) is 13.8 Å². The molecule has 5 nitrogen and oxygen atoms in total. The van der Waals surface area contributed by atoms with E-state index in [-0.39, 0.29) is 0 Å². The van der Waals surface area contributed by atoms with Gasteiger partial charge in [0, 0.05) is 38.1 Å². The molecule has 0 amide bonds. The van der Waals surface area contributed by atoms with Crippen molar-refractivity contribution in [1.82, 2.24) is 9.88 Å². The summed E-state index contributed by atoms with van der Waals surface area (Å²) >= 11 is 0. The zero-order valence-electron chi connectivity index (χ0n) is 10.9. The Morgan fingerprint density at radius 3 is 2.61 bits per heavy atom. The number of hydrogen-bond donors (Lipinski definition) is 1. The SMILES string of the molecule is CCN1CCN(c2cc(C)ncc2C(=O)O)CC1. The summed E-state index contributed by atoms with van der Waals surface area (Å²) in [5.41, 5.74) is 1.95. The highest BCUT2D eigenvalue weighted by molar-refractivity contribution is 5.94. The van der Waals surface area contributed by atoms with Crippen LogP contribution in [0.5, 0.6) is 0 Å². The van der Waals surface area contributed by atoms with Gasteiger partial charge in [0.15, 0.2) is 0 Å². The van der Waals surface area contributed by atoms with Gasteiger partial charge in [-0.1, -0.05) is 6.92 Å². The third-order valence-corrected chi connectivity index (χ3v) is 3.41. The Labute approximate surface area is 107 Å². The van der Waals surface area contributed by atoms with Gasteiger partial charge in [-0.25, -0.2) is 4.79 Å². The minimum absolute atomic E-state index is 0.297. The number of carboxylic acids is 1. The average molecular weight is 249 g/mol. The highest BCUT2D eigenvalue weighted by Gasteiger charge is 2.21. The Morgan fingerprint density at radius 1 is 1.39 bits per heavy atom. The molecule has 1 aromatic rings. The fraction of sp³-hybridized carbons (Fsp3) is 0.538. The standard InChI is InChI=1S/C13H19N3O2/c1-3-15-4-6-16(7-5-15)12-8-10(2)14-9-11(12)13(17)18/h8-9H,3-7H2,1-2H3,(H,17,18). The fourth-order valence-corrected chi connectivity index (χ4v) is 2.28. The fourth-order valence-electron chi connectivity index (χ4n) is 2.28. The molecule has 0 radical (unpaired) electrons.